The molecule has 0 aliphatic rings. The predicted octanol–water partition coefficient (Wildman–Crippen LogP) is 2.80. The summed E-state index contributed by atoms with van der Waals surface area (Å²) >= 11 is 0. The number of rotatable bonds is 7. The molecule has 0 aliphatic carbocycles. The fourth-order valence-electron chi connectivity index (χ4n) is 2.24. The molecule has 0 aliphatic heterocycles. The third kappa shape index (κ3) is 5.04. The van der Waals surface area contributed by atoms with Crippen LogP contribution in [0.15, 0.2) is 42.5 Å². The van der Waals surface area contributed by atoms with Gasteiger partial charge in [-0.3, -0.25) is 0 Å². The minimum absolute atomic E-state index is 0.0589. The lowest BCUT2D eigenvalue weighted by Gasteiger charge is -2.09. The van der Waals surface area contributed by atoms with Crippen LogP contribution < -0.4 is 9.46 Å². The van der Waals surface area contributed by atoms with Gasteiger partial charge in [0.15, 0.2) is 11.6 Å². The van der Waals surface area contributed by atoms with Crippen molar-refractivity contribution in [3.63, 3.8) is 0 Å². The van der Waals surface area contributed by atoms with E-state index in [0.717, 1.165) is 11.1 Å². The van der Waals surface area contributed by atoms with E-state index < -0.39 is 15.8 Å². The van der Waals surface area contributed by atoms with Crippen LogP contribution >= 0.6 is 0 Å². The van der Waals surface area contributed by atoms with Gasteiger partial charge in [-0.2, -0.15) is 0 Å². The molecule has 23 heavy (non-hydrogen) atoms. The molecular formula is C17H20FNO3S. The number of sulfonamides is 1. The Kier molecular flexibility index (Phi) is 5.74. The summed E-state index contributed by atoms with van der Waals surface area (Å²) in [4.78, 5) is 0. The van der Waals surface area contributed by atoms with Crippen molar-refractivity contribution in [2.24, 2.45) is 0 Å². The third-order valence-electron chi connectivity index (χ3n) is 3.56. The molecule has 6 heteroatoms. The van der Waals surface area contributed by atoms with Crippen LogP contribution in [0.2, 0.25) is 0 Å². The number of hydrogen-bond acceptors (Lipinski definition) is 3. The highest BCUT2D eigenvalue weighted by molar-refractivity contribution is 7.88. The van der Waals surface area contributed by atoms with Crippen LogP contribution in [-0.2, 0) is 22.2 Å². The second-order valence-electron chi connectivity index (χ2n) is 5.30. The highest BCUT2D eigenvalue weighted by Crippen LogP contribution is 2.18. The van der Waals surface area contributed by atoms with E-state index in [0.29, 0.717) is 12.0 Å². The molecule has 0 radical (unpaired) electrons. The summed E-state index contributed by atoms with van der Waals surface area (Å²) in [7, 11) is -2.02. The number of benzene rings is 2. The van der Waals surface area contributed by atoms with Crippen LogP contribution in [0.5, 0.6) is 5.75 Å². The zero-order valence-corrected chi connectivity index (χ0v) is 14.0. The molecule has 2 rings (SSSR count). The average Bonchev–Trinajstić information content (AvgIpc) is 2.49. The number of aryl methyl sites for hydroxylation is 1. The molecule has 2 aromatic rings. The monoisotopic (exact) mass is 337 g/mol. The average molecular weight is 337 g/mol. The van der Waals surface area contributed by atoms with E-state index in [2.05, 4.69) is 4.72 Å². The van der Waals surface area contributed by atoms with Gasteiger partial charge in [-0.25, -0.2) is 17.5 Å². The van der Waals surface area contributed by atoms with Crippen LogP contribution in [0.4, 0.5) is 4.39 Å². The molecule has 0 spiro atoms. The smallest absolute Gasteiger partial charge is 0.215 e. The van der Waals surface area contributed by atoms with Crippen LogP contribution in [0.3, 0.4) is 0 Å². The van der Waals surface area contributed by atoms with E-state index in [-0.39, 0.29) is 18.0 Å². The van der Waals surface area contributed by atoms with Crippen LogP contribution in [0.1, 0.15) is 16.7 Å². The largest absolute Gasteiger partial charge is 0.494 e. The molecule has 0 fully saturated rings. The molecule has 0 saturated heterocycles. The molecule has 0 saturated carbocycles. The van der Waals surface area contributed by atoms with Gasteiger partial charge < -0.3 is 4.74 Å². The molecule has 124 valence electrons. The standard InChI is InChI=1S/C17H20FNO3S/c1-13-5-3-4-6-15(13)12-23(20,21)19-10-9-14-7-8-17(22-2)16(18)11-14/h3-8,11,19H,9-10,12H2,1-2H3. The molecule has 0 unspecified atom stereocenters. The summed E-state index contributed by atoms with van der Waals surface area (Å²) in [5, 5.41) is 0. The Morgan fingerprint density at radius 1 is 1.17 bits per heavy atom. The quantitative estimate of drug-likeness (QED) is 0.845. The zero-order chi connectivity index (χ0) is 16.9. The van der Waals surface area contributed by atoms with E-state index in [1.54, 1.807) is 12.1 Å². The lowest BCUT2D eigenvalue weighted by molar-refractivity contribution is 0.386. The van der Waals surface area contributed by atoms with Crippen molar-refractivity contribution in [1.82, 2.24) is 4.72 Å². The fraction of sp³-hybridized carbons (Fsp3) is 0.294. The van der Waals surface area contributed by atoms with Gasteiger partial charge in [0.05, 0.1) is 12.9 Å². The third-order valence-corrected chi connectivity index (χ3v) is 4.89. The van der Waals surface area contributed by atoms with E-state index in [1.165, 1.54) is 19.2 Å². The zero-order valence-electron chi connectivity index (χ0n) is 13.2. The number of ether oxygens (including phenoxy) is 1. The topological polar surface area (TPSA) is 55.4 Å². The van der Waals surface area contributed by atoms with Gasteiger partial charge in [-0.05, 0) is 42.2 Å². The Morgan fingerprint density at radius 3 is 2.57 bits per heavy atom. The van der Waals surface area contributed by atoms with Crippen LogP contribution in [-0.4, -0.2) is 22.1 Å². The summed E-state index contributed by atoms with van der Waals surface area (Å²) in [6, 6.07) is 12.0. The SMILES string of the molecule is COc1ccc(CCNS(=O)(=O)Cc2ccccc2C)cc1F. The van der Waals surface area contributed by atoms with E-state index in [1.807, 2.05) is 25.1 Å². The van der Waals surface area contributed by atoms with Gasteiger partial charge in [0.1, 0.15) is 0 Å². The number of halogens is 1. The molecule has 2 aromatic carbocycles. The van der Waals surface area contributed by atoms with Crippen molar-refractivity contribution >= 4 is 10.0 Å². The highest BCUT2D eigenvalue weighted by Gasteiger charge is 2.12. The minimum Gasteiger partial charge on any atom is -0.494 e. The maximum atomic E-state index is 13.6. The van der Waals surface area contributed by atoms with Crippen molar-refractivity contribution in [3.8, 4) is 5.75 Å². The van der Waals surface area contributed by atoms with Crippen molar-refractivity contribution in [1.29, 1.82) is 0 Å². The number of nitrogens with one attached hydrogen (secondary N) is 1. The molecule has 0 atom stereocenters. The first-order valence-corrected chi connectivity index (χ1v) is 8.91. The summed E-state index contributed by atoms with van der Waals surface area (Å²) in [5.74, 6) is -0.335. The van der Waals surface area contributed by atoms with E-state index in [9.17, 15) is 12.8 Å². The summed E-state index contributed by atoms with van der Waals surface area (Å²) in [6.07, 6.45) is 0.411. The van der Waals surface area contributed by atoms with Gasteiger partial charge >= 0.3 is 0 Å². The molecular weight excluding hydrogens is 317 g/mol. The Labute approximate surface area is 136 Å². The lowest BCUT2D eigenvalue weighted by Crippen LogP contribution is -2.27. The Morgan fingerprint density at radius 2 is 1.91 bits per heavy atom. The van der Waals surface area contributed by atoms with Crippen molar-refractivity contribution in [2.45, 2.75) is 19.1 Å². The lowest BCUT2D eigenvalue weighted by atomic mass is 10.1. The van der Waals surface area contributed by atoms with Gasteiger partial charge in [0.25, 0.3) is 0 Å². The molecule has 1 N–H and O–H groups in total. The molecule has 0 bridgehead atoms. The predicted molar refractivity (Wildman–Crippen MR) is 88.5 cm³/mol. The Bertz CT molecular complexity index is 775. The minimum atomic E-state index is -3.42. The highest BCUT2D eigenvalue weighted by atomic mass is 32.2. The maximum absolute atomic E-state index is 13.6. The van der Waals surface area contributed by atoms with E-state index >= 15 is 0 Å². The first-order chi connectivity index (χ1) is 10.9. The summed E-state index contributed by atoms with van der Waals surface area (Å²) < 4.78 is 45.2. The molecule has 0 amide bonds. The van der Waals surface area contributed by atoms with Crippen molar-refractivity contribution in [2.75, 3.05) is 13.7 Å². The normalized spacial score (nSPS) is 11.4. The van der Waals surface area contributed by atoms with Crippen LogP contribution in [0, 0.1) is 12.7 Å². The van der Waals surface area contributed by atoms with Crippen molar-refractivity contribution < 1.29 is 17.5 Å². The molecule has 4 nitrogen and oxygen atoms in total. The number of methoxy groups -OCH3 is 1. The van der Waals surface area contributed by atoms with Gasteiger partial charge in [0.2, 0.25) is 10.0 Å². The second-order valence-corrected chi connectivity index (χ2v) is 7.11. The van der Waals surface area contributed by atoms with Gasteiger partial charge in [-0.1, -0.05) is 30.3 Å². The fourth-order valence-corrected chi connectivity index (χ4v) is 3.49. The Balaban J connectivity index is 1.92. The Hall–Kier alpha value is -1.92. The number of hydrogen-bond donors (Lipinski definition) is 1. The molecule has 0 heterocycles. The summed E-state index contributed by atoms with van der Waals surface area (Å²) in [6.45, 7) is 2.10. The van der Waals surface area contributed by atoms with Crippen LogP contribution in [0.25, 0.3) is 0 Å². The summed E-state index contributed by atoms with van der Waals surface area (Å²) in [5.41, 5.74) is 2.42. The maximum Gasteiger partial charge on any atom is 0.215 e. The van der Waals surface area contributed by atoms with Crippen molar-refractivity contribution in [3.05, 3.63) is 65.0 Å². The first-order valence-electron chi connectivity index (χ1n) is 7.25. The molecule has 0 aromatic heterocycles. The van der Waals surface area contributed by atoms with Gasteiger partial charge in [0, 0.05) is 6.54 Å². The van der Waals surface area contributed by atoms with Gasteiger partial charge in [-0.15, -0.1) is 0 Å². The first kappa shape index (κ1) is 17.4. The van der Waals surface area contributed by atoms with E-state index in [4.69, 9.17) is 4.74 Å². The second kappa shape index (κ2) is 7.57.